The topological polar surface area (TPSA) is 120 Å². The Labute approximate surface area is 135 Å². The van der Waals surface area contributed by atoms with E-state index >= 15 is 0 Å². The molecule has 7 nitrogen and oxygen atoms in total. The molecule has 23 heavy (non-hydrogen) atoms. The maximum atomic E-state index is 10.2. The van der Waals surface area contributed by atoms with Crippen molar-refractivity contribution in [2.24, 2.45) is 15.4 Å². The van der Waals surface area contributed by atoms with E-state index in [-0.39, 0.29) is 19.8 Å². The molecule has 3 N–H and O–H groups in total. The van der Waals surface area contributed by atoms with E-state index < -0.39 is 5.41 Å². The zero-order chi connectivity index (χ0) is 17.9. The first-order chi connectivity index (χ1) is 10.9. The highest BCUT2D eigenvalue weighted by molar-refractivity contribution is 5.72. The van der Waals surface area contributed by atoms with Crippen LogP contribution in [0.5, 0.6) is 0 Å². The fourth-order valence-electron chi connectivity index (χ4n) is 1.60. The zero-order valence-electron chi connectivity index (χ0n) is 13.5. The van der Waals surface area contributed by atoms with E-state index in [4.69, 9.17) is 15.3 Å². The summed E-state index contributed by atoms with van der Waals surface area (Å²) in [5, 5.41) is 26.0. The van der Waals surface area contributed by atoms with Crippen molar-refractivity contribution in [1.29, 1.82) is 0 Å². The number of aliphatic hydroxyl groups is 3. The van der Waals surface area contributed by atoms with Crippen LogP contribution in [0, 0.1) is 19.3 Å². The lowest BCUT2D eigenvalue weighted by Gasteiger charge is -2.24. The molecule has 1 aromatic carbocycles. The molecule has 0 bridgehead atoms. The molecule has 0 aliphatic heterocycles. The lowest BCUT2D eigenvalue weighted by molar-refractivity contribution is 0.00304. The number of isocyanates is 2. The molecule has 0 spiro atoms. The first-order valence-corrected chi connectivity index (χ1v) is 7.03. The maximum absolute atomic E-state index is 10.2. The Morgan fingerprint density at radius 3 is 1.87 bits per heavy atom. The maximum Gasteiger partial charge on any atom is 0.240 e. The van der Waals surface area contributed by atoms with E-state index in [2.05, 4.69) is 9.98 Å². The Morgan fingerprint density at radius 1 is 1.00 bits per heavy atom. The molecule has 0 saturated carbocycles. The van der Waals surface area contributed by atoms with E-state index in [1.165, 1.54) is 12.2 Å². The normalized spacial score (nSPS) is 10.0. The van der Waals surface area contributed by atoms with Crippen molar-refractivity contribution in [3.63, 3.8) is 0 Å². The van der Waals surface area contributed by atoms with Gasteiger partial charge in [-0.1, -0.05) is 13.0 Å². The lowest BCUT2D eigenvalue weighted by Crippen LogP contribution is -2.32. The number of nitrogens with zero attached hydrogens (tertiary/aromatic N) is 2. The molecule has 0 radical (unpaired) electrons. The number of rotatable bonds is 6. The summed E-state index contributed by atoms with van der Waals surface area (Å²) in [6, 6.07) is 3.42. The van der Waals surface area contributed by atoms with E-state index in [1.54, 1.807) is 19.1 Å². The van der Waals surface area contributed by atoms with Gasteiger partial charge in [-0.3, -0.25) is 0 Å². The number of aliphatic imine (C=N–C) groups is 2. The number of benzene rings is 1. The van der Waals surface area contributed by atoms with Gasteiger partial charge in [0.15, 0.2) is 0 Å². The molecule has 0 aromatic heterocycles. The Bertz CT molecular complexity index is 581. The van der Waals surface area contributed by atoms with Gasteiger partial charge in [0.2, 0.25) is 12.2 Å². The lowest BCUT2D eigenvalue weighted by atomic mass is 9.88. The first kappa shape index (κ1) is 20.9. The summed E-state index contributed by atoms with van der Waals surface area (Å²) in [7, 11) is 0. The summed E-state index contributed by atoms with van der Waals surface area (Å²) >= 11 is 0. The van der Waals surface area contributed by atoms with Crippen molar-refractivity contribution < 1.29 is 24.9 Å². The second-order valence-corrected chi connectivity index (χ2v) is 5.11. The second kappa shape index (κ2) is 10.6. The van der Waals surface area contributed by atoms with Gasteiger partial charge < -0.3 is 15.3 Å². The molecule has 0 heterocycles. The molecule has 0 fully saturated rings. The van der Waals surface area contributed by atoms with Crippen molar-refractivity contribution in [3.8, 4) is 0 Å². The van der Waals surface area contributed by atoms with Crippen LogP contribution in [0.25, 0.3) is 0 Å². The third-order valence-electron chi connectivity index (χ3n) is 3.76. The van der Waals surface area contributed by atoms with Crippen molar-refractivity contribution in [2.75, 3.05) is 19.8 Å². The molecule has 126 valence electrons. The summed E-state index contributed by atoms with van der Waals surface area (Å²) in [4.78, 5) is 27.2. The highest BCUT2D eigenvalue weighted by Gasteiger charge is 2.24. The Kier molecular flexibility index (Phi) is 9.58. The van der Waals surface area contributed by atoms with Gasteiger partial charge in [-0.2, -0.15) is 9.98 Å². The number of aliphatic hydroxyl groups excluding tert-OH is 3. The largest absolute Gasteiger partial charge is 0.396 e. The van der Waals surface area contributed by atoms with Crippen molar-refractivity contribution in [2.45, 2.75) is 27.2 Å². The Hall–Kier alpha value is -2.14. The monoisotopic (exact) mass is 322 g/mol. The summed E-state index contributed by atoms with van der Waals surface area (Å²) in [5.74, 6) is 0. The number of aryl methyl sites for hydroxylation is 1. The molecule has 1 aromatic rings. The average molecular weight is 322 g/mol. The SMILES string of the molecule is CCC(CO)(CO)CO.Cc1ccc(N=C=O)c(N=C=O)c1C. The first-order valence-electron chi connectivity index (χ1n) is 7.03. The van der Waals surface area contributed by atoms with Crippen molar-refractivity contribution in [3.05, 3.63) is 23.3 Å². The van der Waals surface area contributed by atoms with E-state index in [1.807, 2.05) is 13.8 Å². The highest BCUT2D eigenvalue weighted by Crippen LogP contribution is 2.32. The highest BCUT2D eigenvalue weighted by atomic mass is 16.3. The average Bonchev–Trinajstić information content (AvgIpc) is 2.58. The van der Waals surface area contributed by atoms with Gasteiger partial charge in [0.1, 0.15) is 11.4 Å². The summed E-state index contributed by atoms with van der Waals surface area (Å²) in [6.45, 7) is 5.04. The summed E-state index contributed by atoms with van der Waals surface area (Å²) in [5.41, 5.74) is 1.84. The molecule has 0 amide bonds. The van der Waals surface area contributed by atoms with Gasteiger partial charge in [0, 0.05) is 5.41 Å². The fourth-order valence-corrected chi connectivity index (χ4v) is 1.60. The third-order valence-corrected chi connectivity index (χ3v) is 3.76. The third kappa shape index (κ3) is 5.87. The summed E-state index contributed by atoms with van der Waals surface area (Å²) in [6.07, 6.45) is 3.44. The van der Waals surface area contributed by atoms with Crippen LogP contribution in [0.2, 0.25) is 0 Å². The molecule has 0 atom stereocenters. The van der Waals surface area contributed by atoms with Gasteiger partial charge in [-0.05, 0) is 37.5 Å². The Balaban J connectivity index is 0.000000468. The standard InChI is InChI=1S/C10H8N2O2.C6H14O3/c1-7-3-4-9(11-5-13)10(8(7)2)12-6-14;1-2-6(3-7,4-8)5-9/h3-4H,1-2H3;7-9H,2-5H2,1H3. The molecule has 0 aliphatic rings. The quantitative estimate of drug-likeness (QED) is 0.543. The minimum absolute atomic E-state index is 0.156. The number of carbonyl (C=O) groups excluding carboxylic acids is 2. The van der Waals surface area contributed by atoms with E-state index in [0.29, 0.717) is 17.8 Å². The predicted molar refractivity (Wildman–Crippen MR) is 85.5 cm³/mol. The summed E-state index contributed by atoms with van der Waals surface area (Å²) < 4.78 is 0. The molecule has 0 unspecified atom stereocenters. The van der Waals surface area contributed by atoms with Crippen LogP contribution in [0.1, 0.15) is 24.5 Å². The van der Waals surface area contributed by atoms with Crippen LogP contribution in [-0.2, 0) is 9.59 Å². The smallest absolute Gasteiger partial charge is 0.240 e. The van der Waals surface area contributed by atoms with Crippen LogP contribution in [0.4, 0.5) is 11.4 Å². The number of hydrogen-bond donors (Lipinski definition) is 3. The fraction of sp³-hybridized carbons (Fsp3) is 0.500. The van der Waals surface area contributed by atoms with Crippen molar-refractivity contribution >= 4 is 23.5 Å². The molecule has 7 heteroatoms. The Morgan fingerprint density at radius 2 is 1.52 bits per heavy atom. The van der Waals surface area contributed by atoms with Crippen LogP contribution in [0.15, 0.2) is 22.1 Å². The van der Waals surface area contributed by atoms with Crippen LogP contribution in [0.3, 0.4) is 0 Å². The van der Waals surface area contributed by atoms with E-state index in [0.717, 1.165) is 11.1 Å². The molecule has 0 saturated heterocycles. The van der Waals surface area contributed by atoms with Gasteiger partial charge in [0.05, 0.1) is 19.8 Å². The predicted octanol–water partition coefficient (Wildman–Crippen LogP) is 1.60. The minimum atomic E-state index is -0.667. The number of hydrogen-bond acceptors (Lipinski definition) is 7. The zero-order valence-corrected chi connectivity index (χ0v) is 13.5. The molecular weight excluding hydrogens is 300 g/mol. The van der Waals surface area contributed by atoms with E-state index in [9.17, 15) is 9.59 Å². The second-order valence-electron chi connectivity index (χ2n) is 5.11. The van der Waals surface area contributed by atoms with Crippen molar-refractivity contribution in [1.82, 2.24) is 0 Å². The van der Waals surface area contributed by atoms with Gasteiger partial charge >= 0.3 is 0 Å². The molecular formula is C16H22N2O5. The van der Waals surface area contributed by atoms with Gasteiger partial charge in [-0.15, -0.1) is 0 Å². The minimum Gasteiger partial charge on any atom is -0.396 e. The van der Waals surface area contributed by atoms with Gasteiger partial charge in [-0.25, -0.2) is 9.59 Å². The van der Waals surface area contributed by atoms with Crippen LogP contribution >= 0.6 is 0 Å². The molecule has 0 aliphatic carbocycles. The van der Waals surface area contributed by atoms with Crippen LogP contribution in [-0.4, -0.2) is 47.3 Å². The van der Waals surface area contributed by atoms with Gasteiger partial charge in [0.25, 0.3) is 0 Å². The molecule has 1 rings (SSSR count). The van der Waals surface area contributed by atoms with Crippen LogP contribution < -0.4 is 0 Å².